The average Bonchev–Trinajstić information content (AvgIpc) is 2.90. The molecule has 1 aliphatic carbocycles. The quantitative estimate of drug-likeness (QED) is 0.611. The number of aryl methyl sites for hydroxylation is 1. The van der Waals surface area contributed by atoms with Gasteiger partial charge in [-0.05, 0) is 49.3 Å². The van der Waals surface area contributed by atoms with Crippen LogP contribution in [-0.4, -0.2) is 6.04 Å². The van der Waals surface area contributed by atoms with E-state index in [4.69, 9.17) is 17.4 Å². The summed E-state index contributed by atoms with van der Waals surface area (Å²) in [6, 6.07) is 6.60. The van der Waals surface area contributed by atoms with E-state index in [-0.39, 0.29) is 0 Å². The number of hydrogen-bond donors (Lipinski definition) is 2. The molecule has 1 aliphatic rings. The Morgan fingerprint density at radius 2 is 2.11 bits per heavy atom. The molecule has 0 aliphatic heterocycles. The Morgan fingerprint density at radius 3 is 2.74 bits per heavy atom. The van der Waals surface area contributed by atoms with Crippen molar-refractivity contribution in [3.05, 3.63) is 34.3 Å². The van der Waals surface area contributed by atoms with Crippen molar-refractivity contribution in [1.29, 1.82) is 0 Å². The minimum atomic E-state index is 0.334. The largest absolute Gasteiger partial charge is 0.271 e. The molecule has 1 unspecified atom stereocenters. The summed E-state index contributed by atoms with van der Waals surface area (Å²) >= 11 is 6.29. The Balaban J connectivity index is 1.86. The third-order valence-electron chi connectivity index (χ3n) is 4.31. The number of nitrogens with two attached hydrogens (primary N) is 1. The zero-order valence-electron chi connectivity index (χ0n) is 11.8. The second kappa shape index (κ2) is 7.28. The molecule has 0 bridgehead atoms. The van der Waals surface area contributed by atoms with Crippen molar-refractivity contribution < 1.29 is 0 Å². The second-order valence-electron chi connectivity index (χ2n) is 5.89. The van der Waals surface area contributed by atoms with Crippen molar-refractivity contribution >= 4 is 11.6 Å². The SMILES string of the molecule is Cc1ccc(CC(CCC2CCCC2)NN)c(Cl)c1. The molecule has 106 valence electrons. The van der Waals surface area contributed by atoms with Gasteiger partial charge in [0, 0.05) is 11.1 Å². The van der Waals surface area contributed by atoms with Gasteiger partial charge in [0.2, 0.25) is 0 Å². The second-order valence-corrected chi connectivity index (χ2v) is 6.30. The highest BCUT2D eigenvalue weighted by Gasteiger charge is 2.17. The molecule has 0 heterocycles. The predicted octanol–water partition coefficient (Wildman–Crippen LogP) is 3.99. The Morgan fingerprint density at radius 1 is 1.37 bits per heavy atom. The summed E-state index contributed by atoms with van der Waals surface area (Å²) in [5.41, 5.74) is 5.36. The molecule has 2 nitrogen and oxygen atoms in total. The molecule has 0 spiro atoms. The van der Waals surface area contributed by atoms with Gasteiger partial charge < -0.3 is 0 Å². The lowest BCUT2D eigenvalue weighted by Crippen LogP contribution is -2.37. The lowest BCUT2D eigenvalue weighted by molar-refractivity contribution is 0.407. The third kappa shape index (κ3) is 4.48. The molecular formula is C16H25ClN2. The highest BCUT2D eigenvalue weighted by molar-refractivity contribution is 6.31. The minimum Gasteiger partial charge on any atom is -0.271 e. The highest BCUT2D eigenvalue weighted by Crippen LogP contribution is 2.29. The van der Waals surface area contributed by atoms with Gasteiger partial charge in [-0.2, -0.15) is 0 Å². The standard InChI is InChI=1S/C16H25ClN2/c1-12-6-8-14(16(17)10-12)11-15(19-18)9-7-13-4-2-3-5-13/h6,8,10,13,15,19H,2-5,7,9,11,18H2,1H3. The van der Waals surface area contributed by atoms with Crippen LogP contribution in [0.3, 0.4) is 0 Å². The predicted molar refractivity (Wildman–Crippen MR) is 82.2 cm³/mol. The van der Waals surface area contributed by atoms with Crippen molar-refractivity contribution in [2.45, 2.75) is 57.9 Å². The first-order chi connectivity index (χ1) is 9.19. The minimum absolute atomic E-state index is 0.334. The van der Waals surface area contributed by atoms with Crippen LogP contribution in [0.5, 0.6) is 0 Å². The van der Waals surface area contributed by atoms with Crippen LogP contribution in [0.15, 0.2) is 18.2 Å². The normalized spacial score (nSPS) is 17.8. The van der Waals surface area contributed by atoms with E-state index >= 15 is 0 Å². The van der Waals surface area contributed by atoms with Crippen LogP contribution in [0.25, 0.3) is 0 Å². The van der Waals surface area contributed by atoms with Crippen LogP contribution in [0, 0.1) is 12.8 Å². The third-order valence-corrected chi connectivity index (χ3v) is 4.66. The maximum atomic E-state index is 6.29. The highest BCUT2D eigenvalue weighted by atomic mass is 35.5. The van der Waals surface area contributed by atoms with Gasteiger partial charge in [-0.1, -0.05) is 49.4 Å². The van der Waals surface area contributed by atoms with E-state index in [0.717, 1.165) is 23.8 Å². The summed E-state index contributed by atoms with van der Waals surface area (Å²) in [5, 5.41) is 0.862. The lowest BCUT2D eigenvalue weighted by atomic mass is 9.95. The smallest absolute Gasteiger partial charge is 0.0441 e. The van der Waals surface area contributed by atoms with Crippen molar-refractivity contribution in [3.63, 3.8) is 0 Å². The van der Waals surface area contributed by atoms with Crippen LogP contribution in [-0.2, 0) is 6.42 Å². The van der Waals surface area contributed by atoms with Crippen LogP contribution in [0.1, 0.15) is 49.7 Å². The Hall–Kier alpha value is -0.570. The molecule has 1 aromatic rings. The first kappa shape index (κ1) is 14.8. The Labute approximate surface area is 121 Å². The zero-order chi connectivity index (χ0) is 13.7. The number of halogens is 1. The number of rotatable bonds is 6. The fourth-order valence-corrected chi connectivity index (χ4v) is 3.38. The van der Waals surface area contributed by atoms with E-state index in [2.05, 4.69) is 24.5 Å². The van der Waals surface area contributed by atoms with Crippen LogP contribution >= 0.6 is 11.6 Å². The van der Waals surface area contributed by atoms with Gasteiger partial charge in [-0.15, -0.1) is 0 Å². The van der Waals surface area contributed by atoms with Gasteiger partial charge >= 0.3 is 0 Å². The van der Waals surface area contributed by atoms with Gasteiger partial charge in [0.05, 0.1) is 0 Å². The number of hydrogen-bond acceptors (Lipinski definition) is 2. The molecule has 19 heavy (non-hydrogen) atoms. The summed E-state index contributed by atoms with van der Waals surface area (Å²) in [7, 11) is 0. The van der Waals surface area contributed by atoms with Gasteiger partial charge in [0.15, 0.2) is 0 Å². The van der Waals surface area contributed by atoms with Gasteiger partial charge in [0.1, 0.15) is 0 Å². The maximum Gasteiger partial charge on any atom is 0.0441 e. The lowest BCUT2D eigenvalue weighted by Gasteiger charge is -2.19. The first-order valence-corrected chi connectivity index (χ1v) is 7.78. The Bertz CT molecular complexity index is 400. The van der Waals surface area contributed by atoms with Gasteiger partial charge in [-0.25, -0.2) is 0 Å². The molecule has 0 amide bonds. The summed E-state index contributed by atoms with van der Waals surface area (Å²) in [6.07, 6.45) is 8.99. The van der Waals surface area contributed by atoms with E-state index in [0.29, 0.717) is 6.04 Å². The molecule has 0 aromatic heterocycles. The van der Waals surface area contributed by atoms with Crippen molar-refractivity contribution in [3.8, 4) is 0 Å². The summed E-state index contributed by atoms with van der Waals surface area (Å²) in [5.74, 6) is 6.61. The van der Waals surface area contributed by atoms with Crippen LogP contribution in [0.4, 0.5) is 0 Å². The van der Waals surface area contributed by atoms with E-state index in [1.54, 1.807) is 0 Å². The molecule has 1 saturated carbocycles. The summed E-state index contributed by atoms with van der Waals surface area (Å²) < 4.78 is 0. The van der Waals surface area contributed by atoms with Crippen LogP contribution in [0.2, 0.25) is 5.02 Å². The van der Waals surface area contributed by atoms with Crippen molar-refractivity contribution in [1.82, 2.24) is 5.43 Å². The summed E-state index contributed by atoms with van der Waals surface area (Å²) in [6.45, 7) is 2.06. The van der Waals surface area contributed by atoms with E-state index in [9.17, 15) is 0 Å². The molecule has 3 heteroatoms. The number of benzene rings is 1. The topological polar surface area (TPSA) is 38.0 Å². The molecule has 0 saturated heterocycles. The molecule has 1 atom stereocenters. The zero-order valence-corrected chi connectivity index (χ0v) is 12.5. The van der Waals surface area contributed by atoms with Gasteiger partial charge in [0.25, 0.3) is 0 Å². The van der Waals surface area contributed by atoms with E-state index in [1.165, 1.54) is 43.2 Å². The fraction of sp³-hybridized carbons (Fsp3) is 0.625. The number of nitrogens with one attached hydrogen (secondary N) is 1. The first-order valence-electron chi connectivity index (χ1n) is 7.40. The van der Waals surface area contributed by atoms with E-state index in [1.807, 2.05) is 6.07 Å². The Kier molecular flexibility index (Phi) is 5.68. The van der Waals surface area contributed by atoms with Crippen LogP contribution < -0.4 is 11.3 Å². The molecule has 1 aromatic carbocycles. The average molecular weight is 281 g/mol. The van der Waals surface area contributed by atoms with Crippen molar-refractivity contribution in [2.24, 2.45) is 11.8 Å². The van der Waals surface area contributed by atoms with Gasteiger partial charge in [-0.3, -0.25) is 11.3 Å². The number of hydrazine groups is 1. The monoisotopic (exact) mass is 280 g/mol. The molecular weight excluding hydrogens is 256 g/mol. The summed E-state index contributed by atoms with van der Waals surface area (Å²) in [4.78, 5) is 0. The maximum absolute atomic E-state index is 6.29. The van der Waals surface area contributed by atoms with Crippen molar-refractivity contribution in [2.75, 3.05) is 0 Å². The molecule has 0 radical (unpaired) electrons. The molecule has 1 fully saturated rings. The molecule has 3 N–H and O–H groups in total. The molecule has 2 rings (SSSR count). The van der Waals surface area contributed by atoms with E-state index < -0.39 is 0 Å². The fourth-order valence-electron chi connectivity index (χ4n) is 3.06.